The van der Waals surface area contributed by atoms with Gasteiger partial charge in [0.15, 0.2) is 0 Å². The number of benzene rings is 2. The molecule has 0 aliphatic rings. The molecule has 0 aromatic heterocycles. The largest absolute Gasteiger partial charge is 0.372 e. The van der Waals surface area contributed by atoms with Gasteiger partial charge in [0.1, 0.15) is 5.72 Å². The van der Waals surface area contributed by atoms with Crippen molar-refractivity contribution in [2.45, 2.75) is 39.0 Å². The average molecular weight is 370 g/mol. The van der Waals surface area contributed by atoms with E-state index in [1.54, 1.807) is 4.90 Å². The second-order valence-corrected chi connectivity index (χ2v) is 7.38. The molecule has 0 saturated heterocycles. The molecular formula is C22H31N3O2. The summed E-state index contributed by atoms with van der Waals surface area (Å²) in [6, 6.07) is 19.0. The Kier molecular flexibility index (Phi) is 7.82. The predicted molar refractivity (Wildman–Crippen MR) is 109 cm³/mol. The third-order valence-electron chi connectivity index (χ3n) is 4.42. The first-order valence-corrected chi connectivity index (χ1v) is 9.52. The minimum Gasteiger partial charge on any atom is -0.372 e. The number of hydrogen-bond acceptors (Lipinski definition) is 3. The maximum atomic E-state index is 12.6. The maximum absolute atomic E-state index is 12.6. The van der Waals surface area contributed by atoms with Gasteiger partial charge in [-0.05, 0) is 29.9 Å². The number of carbonyl (C=O) groups excluding carboxylic acids is 1. The van der Waals surface area contributed by atoms with E-state index >= 15 is 0 Å². The average Bonchev–Trinajstić information content (AvgIpc) is 2.66. The molecule has 4 N–H and O–H groups in total. The molecule has 2 aromatic rings. The maximum Gasteiger partial charge on any atom is 0.317 e. The number of urea groups is 1. The lowest BCUT2D eigenvalue weighted by Crippen LogP contribution is -2.43. The zero-order valence-corrected chi connectivity index (χ0v) is 16.3. The first-order chi connectivity index (χ1) is 12.9. The molecule has 0 aliphatic heterocycles. The summed E-state index contributed by atoms with van der Waals surface area (Å²) in [6.07, 6.45) is 1.00. The first-order valence-electron chi connectivity index (χ1n) is 9.52. The molecule has 0 saturated carbocycles. The molecule has 146 valence electrons. The van der Waals surface area contributed by atoms with Crippen LogP contribution in [0.15, 0.2) is 60.7 Å². The van der Waals surface area contributed by atoms with Crippen molar-refractivity contribution in [2.24, 2.45) is 11.7 Å². The van der Waals surface area contributed by atoms with Crippen molar-refractivity contribution in [1.29, 1.82) is 0 Å². The number of nitrogens with two attached hydrogens (primary N) is 1. The fourth-order valence-electron chi connectivity index (χ4n) is 3.01. The Bertz CT molecular complexity index is 687. The van der Waals surface area contributed by atoms with Crippen LogP contribution in [0.4, 0.5) is 4.79 Å². The summed E-state index contributed by atoms with van der Waals surface area (Å²) in [7, 11) is 0. The molecule has 0 aliphatic carbocycles. The van der Waals surface area contributed by atoms with Gasteiger partial charge in [0, 0.05) is 19.6 Å². The molecule has 2 amide bonds. The van der Waals surface area contributed by atoms with E-state index in [9.17, 15) is 9.90 Å². The molecule has 0 fully saturated rings. The van der Waals surface area contributed by atoms with Crippen molar-refractivity contribution < 1.29 is 9.90 Å². The zero-order chi connectivity index (χ0) is 19.7. The van der Waals surface area contributed by atoms with Gasteiger partial charge in [-0.1, -0.05) is 74.5 Å². The lowest BCUT2D eigenvalue weighted by Gasteiger charge is -2.28. The Balaban J connectivity index is 1.88. The lowest BCUT2D eigenvalue weighted by molar-refractivity contribution is 0.0298. The number of nitrogens with one attached hydrogen (secondary N) is 1. The molecule has 2 rings (SSSR count). The van der Waals surface area contributed by atoms with Gasteiger partial charge in [-0.3, -0.25) is 5.73 Å². The normalized spacial score (nSPS) is 13.2. The van der Waals surface area contributed by atoms with Gasteiger partial charge in [0.25, 0.3) is 0 Å². The smallest absolute Gasteiger partial charge is 0.317 e. The van der Waals surface area contributed by atoms with Gasteiger partial charge in [-0.2, -0.15) is 0 Å². The first kappa shape index (κ1) is 20.9. The quantitative estimate of drug-likeness (QED) is 0.593. The highest BCUT2D eigenvalue weighted by Gasteiger charge is 2.24. The molecule has 0 radical (unpaired) electrons. The molecule has 2 aromatic carbocycles. The third-order valence-corrected chi connectivity index (χ3v) is 4.42. The third kappa shape index (κ3) is 7.04. The van der Waals surface area contributed by atoms with Crippen LogP contribution < -0.4 is 11.1 Å². The van der Waals surface area contributed by atoms with Crippen molar-refractivity contribution in [3.05, 3.63) is 71.8 Å². The van der Waals surface area contributed by atoms with Crippen LogP contribution in [0.2, 0.25) is 0 Å². The van der Waals surface area contributed by atoms with Gasteiger partial charge in [0.05, 0.1) is 0 Å². The summed E-state index contributed by atoms with van der Waals surface area (Å²) in [5.41, 5.74) is 6.44. The molecule has 0 bridgehead atoms. The van der Waals surface area contributed by atoms with Crippen LogP contribution >= 0.6 is 0 Å². The Hall–Kier alpha value is -2.37. The van der Waals surface area contributed by atoms with Crippen molar-refractivity contribution in [1.82, 2.24) is 10.2 Å². The number of carbonyl (C=O) groups is 1. The fourth-order valence-corrected chi connectivity index (χ4v) is 3.01. The Labute approximate surface area is 162 Å². The van der Waals surface area contributed by atoms with Crippen molar-refractivity contribution >= 4 is 6.03 Å². The van der Waals surface area contributed by atoms with Crippen LogP contribution in [-0.4, -0.2) is 29.1 Å². The van der Waals surface area contributed by atoms with E-state index < -0.39 is 5.72 Å². The van der Waals surface area contributed by atoms with Gasteiger partial charge >= 0.3 is 6.03 Å². The van der Waals surface area contributed by atoms with Crippen molar-refractivity contribution in [3.63, 3.8) is 0 Å². The monoisotopic (exact) mass is 369 g/mol. The van der Waals surface area contributed by atoms with Gasteiger partial charge in [-0.25, -0.2) is 4.79 Å². The van der Waals surface area contributed by atoms with Gasteiger partial charge < -0.3 is 15.3 Å². The predicted octanol–water partition coefficient (Wildman–Crippen LogP) is 3.44. The van der Waals surface area contributed by atoms with E-state index in [4.69, 9.17) is 5.73 Å². The Morgan fingerprint density at radius 3 is 2.30 bits per heavy atom. The van der Waals surface area contributed by atoms with E-state index in [1.807, 2.05) is 60.7 Å². The summed E-state index contributed by atoms with van der Waals surface area (Å²) in [5, 5.41) is 13.5. The highest BCUT2D eigenvalue weighted by molar-refractivity contribution is 5.74. The highest BCUT2D eigenvalue weighted by Crippen LogP contribution is 2.20. The molecule has 0 heterocycles. The standard InChI is InChI=1S/C22H31N3O2/c1-18(2)17-25(21(26)24-16-19-10-5-3-6-11-19)15-9-14-22(23,27)20-12-7-4-8-13-20/h3-8,10-13,18,27H,9,14-17,23H2,1-2H3,(H,24,26). The Morgan fingerprint density at radius 1 is 1.11 bits per heavy atom. The zero-order valence-electron chi connectivity index (χ0n) is 16.3. The molecule has 1 atom stereocenters. The molecule has 0 spiro atoms. The molecular weight excluding hydrogens is 338 g/mol. The van der Waals surface area contributed by atoms with E-state index in [-0.39, 0.29) is 6.03 Å². The minimum absolute atomic E-state index is 0.0900. The van der Waals surface area contributed by atoms with Crippen molar-refractivity contribution in [2.75, 3.05) is 13.1 Å². The summed E-state index contributed by atoms with van der Waals surface area (Å²) in [6.45, 7) is 5.88. The number of hydrogen-bond donors (Lipinski definition) is 3. The lowest BCUT2D eigenvalue weighted by atomic mass is 9.98. The summed E-state index contributed by atoms with van der Waals surface area (Å²) < 4.78 is 0. The molecule has 5 heteroatoms. The van der Waals surface area contributed by atoms with Crippen LogP contribution in [0.25, 0.3) is 0 Å². The van der Waals surface area contributed by atoms with Crippen LogP contribution in [0, 0.1) is 5.92 Å². The minimum atomic E-state index is -1.38. The van der Waals surface area contributed by atoms with E-state index in [1.165, 1.54) is 0 Å². The number of aliphatic hydroxyl groups is 1. The van der Waals surface area contributed by atoms with Crippen molar-refractivity contribution in [3.8, 4) is 0 Å². The molecule has 1 unspecified atom stereocenters. The molecule has 27 heavy (non-hydrogen) atoms. The van der Waals surface area contributed by atoms with E-state index in [0.717, 1.165) is 5.56 Å². The summed E-state index contributed by atoms with van der Waals surface area (Å²) in [5.74, 6) is 0.360. The topological polar surface area (TPSA) is 78.6 Å². The second-order valence-electron chi connectivity index (χ2n) is 7.38. The van der Waals surface area contributed by atoms with E-state index in [0.29, 0.717) is 44.0 Å². The van der Waals surface area contributed by atoms with Crippen LogP contribution in [0.5, 0.6) is 0 Å². The summed E-state index contributed by atoms with van der Waals surface area (Å²) >= 11 is 0. The number of rotatable bonds is 9. The van der Waals surface area contributed by atoms with Crippen LogP contribution in [-0.2, 0) is 12.3 Å². The SMILES string of the molecule is CC(C)CN(CCCC(N)(O)c1ccccc1)C(=O)NCc1ccccc1. The van der Waals surface area contributed by atoms with Gasteiger partial charge in [0.2, 0.25) is 0 Å². The van der Waals surface area contributed by atoms with Crippen LogP contribution in [0.3, 0.4) is 0 Å². The number of amides is 2. The van der Waals surface area contributed by atoms with Crippen LogP contribution in [0.1, 0.15) is 37.8 Å². The summed E-state index contributed by atoms with van der Waals surface area (Å²) in [4.78, 5) is 14.4. The Morgan fingerprint density at radius 2 is 1.70 bits per heavy atom. The van der Waals surface area contributed by atoms with Gasteiger partial charge in [-0.15, -0.1) is 0 Å². The highest BCUT2D eigenvalue weighted by atomic mass is 16.3. The molecule has 5 nitrogen and oxygen atoms in total. The van der Waals surface area contributed by atoms with E-state index in [2.05, 4.69) is 19.2 Å². The fraction of sp³-hybridized carbons (Fsp3) is 0.409. The second kappa shape index (κ2) is 10.1. The number of nitrogens with zero attached hydrogens (tertiary/aromatic N) is 1.